The lowest BCUT2D eigenvalue weighted by Gasteiger charge is -2.25. The number of carboxylic acids is 1. The third-order valence-corrected chi connectivity index (χ3v) is 2.74. The number of aliphatic carboxylic acids is 1. The van der Waals surface area contributed by atoms with Gasteiger partial charge in [-0.1, -0.05) is 13.8 Å². The maximum atomic E-state index is 11.8. The van der Waals surface area contributed by atoms with E-state index in [-0.39, 0.29) is 24.4 Å². The highest BCUT2D eigenvalue weighted by atomic mass is 16.4. The molecule has 2 unspecified atom stereocenters. The van der Waals surface area contributed by atoms with Crippen LogP contribution in [0.3, 0.4) is 0 Å². The zero-order valence-electron chi connectivity index (χ0n) is 11.5. The Morgan fingerprint density at radius 1 is 1.28 bits per heavy atom. The topological polar surface area (TPSA) is 89.9 Å². The van der Waals surface area contributed by atoms with Gasteiger partial charge in [0.2, 0.25) is 0 Å². The van der Waals surface area contributed by atoms with E-state index >= 15 is 0 Å². The molecule has 0 spiro atoms. The van der Waals surface area contributed by atoms with Gasteiger partial charge in [0.15, 0.2) is 0 Å². The normalized spacial score (nSPS) is 14.1. The minimum absolute atomic E-state index is 0.0511. The fraction of sp³-hybridized carbons (Fsp3) is 0.833. The molecule has 0 aromatic heterocycles. The summed E-state index contributed by atoms with van der Waals surface area (Å²) in [6.07, 6.45) is -0.0526. The van der Waals surface area contributed by atoms with Crippen molar-refractivity contribution < 1.29 is 19.8 Å². The molecule has 6 heteroatoms. The number of carboxylic acid groups (broad SMARTS) is 1. The van der Waals surface area contributed by atoms with Crippen molar-refractivity contribution in [3.63, 3.8) is 0 Å². The van der Waals surface area contributed by atoms with Crippen LogP contribution in [0.2, 0.25) is 0 Å². The van der Waals surface area contributed by atoms with Crippen molar-refractivity contribution in [2.24, 2.45) is 5.92 Å². The van der Waals surface area contributed by atoms with Crippen molar-refractivity contribution in [1.82, 2.24) is 10.2 Å². The van der Waals surface area contributed by atoms with Gasteiger partial charge in [0.1, 0.15) is 0 Å². The fourth-order valence-electron chi connectivity index (χ4n) is 1.39. The van der Waals surface area contributed by atoms with Gasteiger partial charge in [-0.3, -0.25) is 4.79 Å². The number of urea groups is 1. The van der Waals surface area contributed by atoms with Gasteiger partial charge < -0.3 is 20.4 Å². The van der Waals surface area contributed by atoms with Crippen LogP contribution in [-0.4, -0.2) is 52.9 Å². The molecule has 0 aliphatic rings. The van der Waals surface area contributed by atoms with E-state index in [1.807, 2.05) is 13.8 Å². The van der Waals surface area contributed by atoms with Gasteiger partial charge >= 0.3 is 12.0 Å². The molecule has 18 heavy (non-hydrogen) atoms. The van der Waals surface area contributed by atoms with Crippen LogP contribution in [0.4, 0.5) is 4.79 Å². The van der Waals surface area contributed by atoms with Gasteiger partial charge in [-0.25, -0.2) is 4.79 Å². The molecule has 0 rings (SSSR count). The van der Waals surface area contributed by atoms with Gasteiger partial charge in [0.25, 0.3) is 0 Å². The number of hydrogen-bond acceptors (Lipinski definition) is 3. The number of aliphatic hydroxyl groups excluding tert-OH is 1. The van der Waals surface area contributed by atoms with Crippen LogP contribution in [0, 0.1) is 5.92 Å². The summed E-state index contributed by atoms with van der Waals surface area (Å²) in [7, 11) is 1.62. The van der Waals surface area contributed by atoms with Crippen LogP contribution < -0.4 is 5.32 Å². The third-order valence-electron chi connectivity index (χ3n) is 2.74. The summed E-state index contributed by atoms with van der Waals surface area (Å²) >= 11 is 0. The third kappa shape index (κ3) is 7.11. The summed E-state index contributed by atoms with van der Waals surface area (Å²) in [5.74, 6) is -0.879. The van der Waals surface area contributed by atoms with E-state index in [0.29, 0.717) is 13.0 Å². The minimum Gasteiger partial charge on any atom is -0.481 e. The van der Waals surface area contributed by atoms with Crippen molar-refractivity contribution in [1.29, 1.82) is 0 Å². The highest BCUT2D eigenvalue weighted by Crippen LogP contribution is 2.07. The Hall–Kier alpha value is -1.30. The molecule has 0 saturated carbocycles. The monoisotopic (exact) mass is 260 g/mol. The molecule has 0 bridgehead atoms. The molecule has 0 fully saturated rings. The molecule has 0 aromatic rings. The Labute approximate surface area is 108 Å². The Morgan fingerprint density at radius 2 is 1.83 bits per heavy atom. The van der Waals surface area contributed by atoms with E-state index in [1.165, 1.54) is 4.90 Å². The number of nitrogens with zero attached hydrogens (tertiary/aromatic N) is 1. The average Bonchev–Trinajstić information content (AvgIpc) is 2.23. The van der Waals surface area contributed by atoms with Crippen molar-refractivity contribution in [2.75, 3.05) is 13.6 Å². The molecule has 0 saturated heterocycles. The first-order chi connectivity index (χ1) is 8.23. The first-order valence-electron chi connectivity index (χ1n) is 6.15. The summed E-state index contributed by atoms with van der Waals surface area (Å²) in [6.45, 7) is 5.82. The fourth-order valence-corrected chi connectivity index (χ4v) is 1.39. The van der Waals surface area contributed by atoms with Crippen molar-refractivity contribution in [2.45, 2.75) is 45.8 Å². The van der Waals surface area contributed by atoms with Crippen molar-refractivity contribution >= 4 is 12.0 Å². The molecule has 106 valence electrons. The summed E-state index contributed by atoms with van der Waals surface area (Å²) in [6, 6.07) is -0.695. The van der Waals surface area contributed by atoms with E-state index in [9.17, 15) is 9.59 Å². The van der Waals surface area contributed by atoms with Gasteiger partial charge in [-0.05, 0) is 19.3 Å². The molecule has 0 aliphatic heterocycles. The number of carbonyl (C=O) groups is 2. The van der Waals surface area contributed by atoms with E-state index in [1.54, 1.807) is 14.0 Å². The predicted molar refractivity (Wildman–Crippen MR) is 68.3 cm³/mol. The number of rotatable bonds is 7. The number of carbonyl (C=O) groups excluding carboxylic acids is 1. The largest absolute Gasteiger partial charge is 0.481 e. The Bertz CT molecular complexity index is 279. The zero-order chi connectivity index (χ0) is 14.3. The van der Waals surface area contributed by atoms with Crippen LogP contribution in [0.5, 0.6) is 0 Å². The summed E-state index contributed by atoms with van der Waals surface area (Å²) < 4.78 is 0. The Balaban J connectivity index is 4.27. The summed E-state index contributed by atoms with van der Waals surface area (Å²) in [5, 5.41) is 20.6. The first kappa shape index (κ1) is 16.7. The van der Waals surface area contributed by atoms with Crippen LogP contribution in [0.1, 0.15) is 33.6 Å². The molecule has 0 aromatic carbocycles. The van der Waals surface area contributed by atoms with Crippen LogP contribution >= 0.6 is 0 Å². The molecule has 6 nitrogen and oxygen atoms in total. The van der Waals surface area contributed by atoms with E-state index < -0.39 is 12.1 Å². The van der Waals surface area contributed by atoms with Gasteiger partial charge in [0.05, 0.1) is 12.5 Å². The number of aliphatic hydroxyl groups is 1. The Morgan fingerprint density at radius 3 is 2.22 bits per heavy atom. The molecular formula is C12H24N2O4. The molecule has 2 amide bonds. The number of nitrogens with one attached hydrogen (secondary N) is 1. The SMILES string of the molecule is CC(O)CCN(C)C(=O)NC(CC(=O)O)C(C)C. The van der Waals surface area contributed by atoms with E-state index in [0.717, 1.165) is 0 Å². The van der Waals surface area contributed by atoms with Gasteiger partial charge in [-0.15, -0.1) is 0 Å². The molecule has 0 heterocycles. The predicted octanol–water partition coefficient (Wildman–Crippen LogP) is 0.898. The lowest BCUT2D eigenvalue weighted by atomic mass is 10.0. The number of amides is 2. The lowest BCUT2D eigenvalue weighted by Crippen LogP contribution is -2.46. The van der Waals surface area contributed by atoms with Crippen LogP contribution in [0.25, 0.3) is 0 Å². The molecular weight excluding hydrogens is 236 g/mol. The maximum Gasteiger partial charge on any atom is 0.317 e. The molecule has 3 N–H and O–H groups in total. The quantitative estimate of drug-likeness (QED) is 0.634. The second-order valence-corrected chi connectivity index (χ2v) is 4.96. The van der Waals surface area contributed by atoms with Crippen LogP contribution in [-0.2, 0) is 4.79 Å². The standard InChI is InChI=1S/C12H24N2O4/c1-8(2)10(7-11(16)17)13-12(18)14(4)6-5-9(3)15/h8-10,15H,5-7H2,1-4H3,(H,13,18)(H,16,17). The second-order valence-electron chi connectivity index (χ2n) is 4.96. The van der Waals surface area contributed by atoms with Crippen molar-refractivity contribution in [3.8, 4) is 0 Å². The second kappa shape index (κ2) is 7.92. The highest BCUT2D eigenvalue weighted by molar-refractivity contribution is 5.75. The minimum atomic E-state index is -0.930. The maximum absolute atomic E-state index is 11.8. The lowest BCUT2D eigenvalue weighted by molar-refractivity contribution is -0.137. The average molecular weight is 260 g/mol. The van der Waals surface area contributed by atoms with Crippen LogP contribution in [0.15, 0.2) is 0 Å². The summed E-state index contributed by atoms with van der Waals surface area (Å²) in [4.78, 5) is 23.9. The number of hydrogen-bond donors (Lipinski definition) is 3. The highest BCUT2D eigenvalue weighted by Gasteiger charge is 2.21. The van der Waals surface area contributed by atoms with Gasteiger partial charge in [-0.2, -0.15) is 0 Å². The molecule has 2 atom stereocenters. The van der Waals surface area contributed by atoms with Crippen molar-refractivity contribution in [3.05, 3.63) is 0 Å². The smallest absolute Gasteiger partial charge is 0.317 e. The van der Waals surface area contributed by atoms with E-state index in [2.05, 4.69) is 5.32 Å². The first-order valence-corrected chi connectivity index (χ1v) is 6.15. The zero-order valence-corrected chi connectivity index (χ0v) is 11.5. The molecule has 0 radical (unpaired) electrons. The van der Waals surface area contributed by atoms with Gasteiger partial charge in [0, 0.05) is 19.6 Å². The summed E-state index contributed by atoms with van der Waals surface area (Å²) in [5.41, 5.74) is 0. The van der Waals surface area contributed by atoms with E-state index in [4.69, 9.17) is 10.2 Å². The Kier molecular flexibility index (Phi) is 7.35. The molecule has 0 aliphatic carbocycles.